The van der Waals surface area contributed by atoms with Gasteiger partial charge in [-0.25, -0.2) is 4.98 Å². The number of nitrogens with one attached hydrogen (secondary N) is 2. The topological polar surface area (TPSA) is 96.3 Å². The molecule has 80 valence electrons. The van der Waals surface area contributed by atoms with Gasteiger partial charge >= 0.3 is 0 Å². The Morgan fingerprint density at radius 2 is 2.12 bits per heavy atom. The number of hydrogen-bond donors (Lipinski definition) is 3. The molecule has 0 saturated heterocycles. The van der Waals surface area contributed by atoms with E-state index in [2.05, 4.69) is 25.4 Å². The minimum Gasteiger partial charge on any atom is -0.398 e. The average Bonchev–Trinajstić information content (AvgIpc) is 2.89. The summed E-state index contributed by atoms with van der Waals surface area (Å²) in [5, 5.41) is 15.1. The summed E-state index contributed by atoms with van der Waals surface area (Å²) in [5.41, 5.74) is 7.60. The van der Waals surface area contributed by atoms with Crippen LogP contribution in [-0.2, 0) is 0 Å². The molecule has 0 amide bonds. The van der Waals surface area contributed by atoms with Crippen LogP contribution in [0.3, 0.4) is 0 Å². The van der Waals surface area contributed by atoms with Crippen LogP contribution in [0.5, 0.6) is 0 Å². The quantitative estimate of drug-likeness (QED) is 0.580. The molecular weight excluding hydrogens is 224 g/mol. The van der Waals surface area contributed by atoms with E-state index >= 15 is 0 Å². The number of benzene rings is 1. The number of nitrogens with zero attached hydrogens (tertiary/aromatic N) is 3. The number of nitrogen functional groups attached to an aromatic ring is 1. The molecule has 0 atom stereocenters. The third-order valence-electron chi connectivity index (χ3n) is 2.17. The van der Waals surface area contributed by atoms with E-state index in [1.165, 1.54) is 18.1 Å². The summed E-state index contributed by atoms with van der Waals surface area (Å²) in [5.74, 6) is 0. The van der Waals surface area contributed by atoms with E-state index in [1.807, 2.05) is 12.1 Å². The third-order valence-corrected chi connectivity index (χ3v) is 3.13. The predicted octanol–water partition coefficient (Wildman–Crippen LogP) is 1.41. The summed E-state index contributed by atoms with van der Waals surface area (Å²) in [6, 6.07) is 3.84. The van der Waals surface area contributed by atoms with Crippen molar-refractivity contribution in [1.82, 2.24) is 25.4 Å². The van der Waals surface area contributed by atoms with Crippen molar-refractivity contribution in [3.63, 3.8) is 0 Å². The lowest BCUT2D eigenvalue weighted by atomic mass is 10.2. The first-order valence-corrected chi connectivity index (χ1v) is 5.40. The number of fused-ring (bicyclic) bond motifs is 1. The molecule has 0 spiro atoms. The van der Waals surface area contributed by atoms with Gasteiger partial charge in [0.1, 0.15) is 6.33 Å². The van der Waals surface area contributed by atoms with Crippen molar-refractivity contribution in [3.05, 3.63) is 24.7 Å². The molecule has 7 heteroatoms. The number of aromatic nitrogens is 5. The maximum atomic E-state index is 5.94. The lowest BCUT2D eigenvalue weighted by molar-refractivity contribution is 0.973. The van der Waals surface area contributed by atoms with Crippen LogP contribution in [0, 0.1) is 0 Å². The molecule has 0 aliphatic carbocycles. The SMILES string of the molecule is Nc1cc2cn[nH]c2cc1Sc1ncn[nH]1. The molecule has 1 aromatic carbocycles. The fourth-order valence-corrected chi connectivity index (χ4v) is 2.19. The number of nitrogens with two attached hydrogens (primary N) is 1. The van der Waals surface area contributed by atoms with Gasteiger partial charge in [-0.15, -0.1) is 0 Å². The number of H-pyrrole nitrogens is 2. The highest BCUT2D eigenvalue weighted by Crippen LogP contribution is 2.32. The molecule has 0 unspecified atom stereocenters. The molecule has 2 aromatic heterocycles. The molecule has 6 nitrogen and oxygen atoms in total. The van der Waals surface area contributed by atoms with Crippen molar-refractivity contribution in [2.75, 3.05) is 5.73 Å². The molecule has 3 aromatic rings. The van der Waals surface area contributed by atoms with Crippen molar-refractivity contribution in [2.24, 2.45) is 0 Å². The Morgan fingerprint density at radius 3 is 2.94 bits per heavy atom. The predicted molar refractivity (Wildman–Crippen MR) is 61.0 cm³/mol. The molecule has 16 heavy (non-hydrogen) atoms. The first-order valence-electron chi connectivity index (χ1n) is 4.59. The summed E-state index contributed by atoms with van der Waals surface area (Å²) in [6.45, 7) is 0. The van der Waals surface area contributed by atoms with Gasteiger partial charge in [0.25, 0.3) is 0 Å². The Hall–Kier alpha value is -2.02. The highest BCUT2D eigenvalue weighted by molar-refractivity contribution is 7.99. The van der Waals surface area contributed by atoms with Gasteiger partial charge in [0.05, 0.1) is 11.7 Å². The first-order chi connectivity index (χ1) is 7.83. The van der Waals surface area contributed by atoms with Crippen molar-refractivity contribution < 1.29 is 0 Å². The van der Waals surface area contributed by atoms with Gasteiger partial charge in [-0.2, -0.15) is 10.2 Å². The van der Waals surface area contributed by atoms with Crippen LogP contribution in [0.4, 0.5) is 5.69 Å². The lowest BCUT2D eigenvalue weighted by Gasteiger charge is -2.02. The zero-order valence-corrected chi connectivity index (χ0v) is 8.95. The Labute approximate surface area is 94.6 Å². The molecule has 3 rings (SSSR count). The van der Waals surface area contributed by atoms with Crippen molar-refractivity contribution in [1.29, 1.82) is 0 Å². The minimum absolute atomic E-state index is 0.704. The molecule has 0 aliphatic heterocycles. The molecule has 0 radical (unpaired) electrons. The fraction of sp³-hybridized carbons (Fsp3) is 0. The zero-order chi connectivity index (χ0) is 11.0. The zero-order valence-electron chi connectivity index (χ0n) is 8.14. The third kappa shape index (κ3) is 1.50. The molecule has 0 saturated carbocycles. The van der Waals surface area contributed by atoms with Gasteiger partial charge in [-0.3, -0.25) is 10.2 Å². The lowest BCUT2D eigenvalue weighted by Crippen LogP contribution is -1.89. The van der Waals surface area contributed by atoms with E-state index in [0.717, 1.165) is 15.8 Å². The summed E-state index contributed by atoms with van der Waals surface area (Å²) >= 11 is 1.44. The maximum Gasteiger partial charge on any atom is 0.188 e. The van der Waals surface area contributed by atoms with Crippen molar-refractivity contribution in [3.8, 4) is 0 Å². The molecule has 4 N–H and O–H groups in total. The Bertz CT molecular complexity index is 614. The summed E-state index contributed by atoms with van der Waals surface area (Å²) in [6.07, 6.45) is 3.21. The fourth-order valence-electron chi connectivity index (χ4n) is 1.43. The Kier molecular flexibility index (Phi) is 2.03. The van der Waals surface area contributed by atoms with Crippen LogP contribution < -0.4 is 5.73 Å². The van der Waals surface area contributed by atoms with Crippen LogP contribution in [0.1, 0.15) is 0 Å². The number of rotatable bonds is 2. The van der Waals surface area contributed by atoms with E-state index < -0.39 is 0 Å². The van der Waals surface area contributed by atoms with Gasteiger partial charge in [0.2, 0.25) is 0 Å². The van der Waals surface area contributed by atoms with Crippen molar-refractivity contribution >= 4 is 28.4 Å². The standard InChI is InChI=1S/C9H8N6S/c10-6-1-5-3-12-14-7(5)2-8(6)16-9-11-4-13-15-9/h1-4H,10H2,(H,12,14)(H,11,13,15). The van der Waals surface area contributed by atoms with Gasteiger partial charge < -0.3 is 5.73 Å². The van der Waals surface area contributed by atoms with Crippen LogP contribution in [0.15, 0.2) is 34.7 Å². The Balaban J connectivity index is 2.05. The van der Waals surface area contributed by atoms with Gasteiger partial charge in [-0.05, 0) is 23.9 Å². The number of anilines is 1. The monoisotopic (exact) mass is 232 g/mol. The average molecular weight is 232 g/mol. The molecule has 0 fully saturated rings. The van der Waals surface area contributed by atoms with E-state index in [-0.39, 0.29) is 0 Å². The molecule has 2 heterocycles. The number of hydrogen-bond acceptors (Lipinski definition) is 5. The van der Waals surface area contributed by atoms with Gasteiger partial charge in [0.15, 0.2) is 5.16 Å². The number of aromatic amines is 2. The highest BCUT2D eigenvalue weighted by atomic mass is 32.2. The van der Waals surface area contributed by atoms with Gasteiger partial charge in [0, 0.05) is 16.0 Å². The second-order valence-electron chi connectivity index (χ2n) is 3.24. The van der Waals surface area contributed by atoms with E-state index in [4.69, 9.17) is 5.73 Å². The first kappa shape index (κ1) is 9.22. The smallest absolute Gasteiger partial charge is 0.188 e. The summed E-state index contributed by atoms with van der Waals surface area (Å²) in [4.78, 5) is 4.96. The normalized spacial score (nSPS) is 11.0. The van der Waals surface area contributed by atoms with E-state index in [1.54, 1.807) is 6.20 Å². The van der Waals surface area contributed by atoms with E-state index in [9.17, 15) is 0 Å². The van der Waals surface area contributed by atoms with Crippen LogP contribution in [0.25, 0.3) is 10.9 Å². The van der Waals surface area contributed by atoms with Crippen LogP contribution in [0.2, 0.25) is 0 Å². The Morgan fingerprint density at radius 1 is 1.19 bits per heavy atom. The maximum absolute atomic E-state index is 5.94. The molecule has 0 aliphatic rings. The van der Waals surface area contributed by atoms with E-state index in [0.29, 0.717) is 10.8 Å². The van der Waals surface area contributed by atoms with Gasteiger partial charge in [-0.1, -0.05) is 0 Å². The minimum atomic E-state index is 0.704. The second kappa shape index (κ2) is 3.53. The molecular formula is C9H8N6S. The van der Waals surface area contributed by atoms with Crippen molar-refractivity contribution in [2.45, 2.75) is 10.1 Å². The summed E-state index contributed by atoms with van der Waals surface area (Å²) < 4.78 is 0. The second-order valence-corrected chi connectivity index (χ2v) is 4.27. The largest absolute Gasteiger partial charge is 0.398 e. The molecule has 0 bridgehead atoms. The highest BCUT2D eigenvalue weighted by Gasteiger charge is 2.07. The van der Waals surface area contributed by atoms with Crippen LogP contribution in [-0.4, -0.2) is 25.4 Å². The summed E-state index contributed by atoms with van der Waals surface area (Å²) in [7, 11) is 0. The van der Waals surface area contributed by atoms with Crippen LogP contribution >= 0.6 is 11.8 Å².